The Kier molecular flexibility index (Phi) is 8.64. The Hall–Kier alpha value is -1.26. The van der Waals surface area contributed by atoms with Crippen molar-refractivity contribution in [2.75, 3.05) is 13.2 Å². The molecule has 0 radical (unpaired) electrons. The van der Waals surface area contributed by atoms with Crippen molar-refractivity contribution in [2.24, 2.45) is 0 Å². The molecule has 0 saturated heterocycles. The first-order valence-electron chi connectivity index (χ1n) is 10.3. The Morgan fingerprint density at radius 3 is 1.57 bits per heavy atom. The van der Waals surface area contributed by atoms with Crippen molar-refractivity contribution in [3.63, 3.8) is 0 Å². The Balaban J connectivity index is 2.25. The molecule has 0 aliphatic heterocycles. The summed E-state index contributed by atoms with van der Waals surface area (Å²) in [5.41, 5.74) is 3.41. The highest BCUT2D eigenvalue weighted by atomic mass is 31.2. The van der Waals surface area contributed by atoms with Gasteiger partial charge in [-0.2, -0.15) is 0 Å². The van der Waals surface area contributed by atoms with Crippen molar-refractivity contribution < 1.29 is 28.0 Å². The van der Waals surface area contributed by atoms with Gasteiger partial charge in [0.25, 0.3) is 0 Å². The quantitative estimate of drug-likeness (QED) is 0.386. The fraction of sp³-hybridized carbons (Fsp3) is 0.455. The molecule has 2 N–H and O–H groups in total. The van der Waals surface area contributed by atoms with E-state index in [1.165, 1.54) is 0 Å². The first-order valence-corrected chi connectivity index (χ1v) is 13.6. The van der Waals surface area contributed by atoms with Crippen LogP contribution in [0.25, 0.3) is 11.1 Å². The molecule has 0 spiro atoms. The van der Waals surface area contributed by atoms with E-state index in [2.05, 4.69) is 0 Å². The van der Waals surface area contributed by atoms with Crippen LogP contribution < -0.4 is 0 Å². The number of hydrogen-bond acceptors (Lipinski definition) is 4. The van der Waals surface area contributed by atoms with Crippen LogP contribution in [0.3, 0.4) is 0 Å². The summed E-state index contributed by atoms with van der Waals surface area (Å²) in [6.45, 7) is 7.84. The summed E-state index contributed by atoms with van der Waals surface area (Å²) in [5, 5.41) is -1.16. The molecule has 0 saturated carbocycles. The molecule has 166 valence electrons. The average Bonchev–Trinajstić information content (AvgIpc) is 2.70. The van der Waals surface area contributed by atoms with Crippen LogP contribution in [0, 0.1) is 0 Å². The van der Waals surface area contributed by atoms with E-state index in [-0.39, 0.29) is 6.16 Å². The first-order chi connectivity index (χ1) is 14.1. The maximum absolute atomic E-state index is 12.7. The zero-order valence-electron chi connectivity index (χ0n) is 18.1. The molecule has 0 heterocycles. The van der Waals surface area contributed by atoms with Gasteiger partial charge in [0.05, 0.1) is 24.5 Å². The lowest BCUT2D eigenvalue weighted by Crippen LogP contribution is -2.24. The summed E-state index contributed by atoms with van der Waals surface area (Å²) >= 11 is 0. The van der Waals surface area contributed by atoms with Gasteiger partial charge < -0.3 is 18.8 Å². The predicted molar refractivity (Wildman–Crippen MR) is 121 cm³/mol. The van der Waals surface area contributed by atoms with E-state index >= 15 is 0 Å². The van der Waals surface area contributed by atoms with E-state index < -0.39 is 20.3 Å². The molecule has 8 heteroatoms. The second kappa shape index (κ2) is 10.4. The summed E-state index contributed by atoms with van der Waals surface area (Å²) < 4.78 is 35.6. The van der Waals surface area contributed by atoms with Gasteiger partial charge in [0, 0.05) is 0 Å². The monoisotopic (exact) mass is 454 g/mol. The van der Waals surface area contributed by atoms with Crippen LogP contribution in [0.15, 0.2) is 48.5 Å². The molecule has 2 rings (SSSR count). The van der Waals surface area contributed by atoms with Crippen LogP contribution in [0.4, 0.5) is 0 Å². The second-order valence-electron chi connectivity index (χ2n) is 7.16. The lowest BCUT2D eigenvalue weighted by atomic mass is 9.91. The highest BCUT2D eigenvalue weighted by molar-refractivity contribution is 7.53. The van der Waals surface area contributed by atoms with Crippen molar-refractivity contribution in [3.05, 3.63) is 59.7 Å². The molecule has 0 fully saturated rings. The smallest absolute Gasteiger partial charge is 0.324 e. The van der Waals surface area contributed by atoms with Gasteiger partial charge in [0.1, 0.15) is 0 Å². The third-order valence-corrected chi connectivity index (χ3v) is 9.53. The number of benzene rings is 2. The van der Waals surface area contributed by atoms with Gasteiger partial charge in [-0.05, 0) is 48.9 Å². The molecule has 0 aliphatic rings. The minimum Gasteiger partial charge on any atom is -0.324 e. The predicted octanol–water partition coefficient (Wildman–Crippen LogP) is 6.31. The van der Waals surface area contributed by atoms with Crippen LogP contribution in [-0.4, -0.2) is 23.0 Å². The highest BCUT2D eigenvalue weighted by Gasteiger charge is 2.45. The summed E-state index contributed by atoms with van der Waals surface area (Å²) in [7, 11) is -7.46. The normalized spacial score (nSPS) is 12.9. The lowest BCUT2D eigenvalue weighted by molar-refractivity contribution is 0.219. The largest absolute Gasteiger partial charge is 0.335 e. The van der Waals surface area contributed by atoms with Gasteiger partial charge in [0.2, 0.25) is 0 Å². The van der Waals surface area contributed by atoms with Crippen molar-refractivity contribution in [1.29, 1.82) is 0 Å². The maximum Gasteiger partial charge on any atom is 0.335 e. The van der Waals surface area contributed by atoms with Crippen molar-refractivity contribution in [1.82, 2.24) is 0 Å². The molecule has 0 bridgehead atoms. The molecule has 2 aromatic rings. The first kappa shape index (κ1) is 25.0. The number of hydrogen-bond donors (Lipinski definition) is 2. The zero-order valence-corrected chi connectivity index (χ0v) is 19.9. The molecule has 0 unspecified atom stereocenters. The molecule has 30 heavy (non-hydrogen) atoms. The topological polar surface area (TPSA) is 93.1 Å². The Morgan fingerprint density at radius 2 is 1.20 bits per heavy atom. The van der Waals surface area contributed by atoms with E-state index in [4.69, 9.17) is 9.05 Å². The third-order valence-electron chi connectivity index (χ3n) is 5.46. The summed E-state index contributed by atoms with van der Waals surface area (Å²) in [5.74, 6) is 0. The van der Waals surface area contributed by atoms with Gasteiger partial charge in [-0.25, -0.2) is 0 Å². The van der Waals surface area contributed by atoms with Crippen LogP contribution in [0.5, 0.6) is 0 Å². The molecular weight excluding hydrogens is 422 g/mol. The van der Waals surface area contributed by atoms with Crippen molar-refractivity contribution in [2.45, 2.75) is 51.9 Å². The molecule has 2 aromatic carbocycles. The fourth-order valence-corrected chi connectivity index (χ4v) is 6.77. The van der Waals surface area contributed by atoms with E-state index in [0.717, 1.165) is 16.7 Å². The van der Waals surface area contributed by atoms with Gasteiger partial charge in [-0.15, -0.1) is 0 Å². The number of rotatable bonds is 11. The lowest BCUT2D eigenvalue weighted by Gasteiger charge is -2.33. The van der Waals surface area contributed by atoms with Crippen molar-refractivity contribution >= 4 is 15.2 Å². The van der Waals surface area contributed by atoms with Crippen LogP contribution in [0.1, 0.15) is 51.7 Å². The SMILES string of the molecule is CCOP(=O)(Cc1ccc(-c2ccc(C(CC)(CC)P(=O)(O)O)cc2)cc1)OCC. The van der Waals surface area contributed by atoms with Gasteiger partial charge in [-0.3, -0.25) is 9.13 Å². The minimum absolute atomic E-state index is 0.214. The maximum atomic E-state index is 12.7. The molecule has 0 aliphatic carbocycles. The molecule has 0 amide bonds. The van der Waals surface area contributed by atoms with E-state index in [9.17, 15) is 18.9 Å². The fourth-order valence-electron chi connectivity index (χ4n) is 3.76. The van der Waals surface area contributed by atoms with Gasteiger partial charge in [-0.1, -0.05) is 62.4 Å². The van der Waals surface area contributed by atoms with Crippen LogP contribution >= 0.6 is 15.2 Å². The summed E-state index contributed by atoms with van der Waals surface area (Å²) in [6, 6.07) is 15.0. The highest BCUT2D eigenvalue weighted by Crippen LogP contribution is 2.61. The minimum atomic E-state index is -4.30. The van der Waals surface area contributed by atoms with Crippen LogP contribution in [0.2, 0.25) is 0 Å². The molecule has 0 aromatic heterocycles. The summed E-state index contributed by atoms with van der Waals surface area (Å²) in [4.78, 5) is 19.9. The zero-order chi connectivity index (χ0) is 22.4. The Labute approximate surface area is 179 Å². The average molecular weight is 454 g/mol. The standard InChI is InChI=1S/C22H32O6P2/c1-5-22(6-2,30(24,25)26)21-15-13-20(14-16-21)19-11-9-18(10-12-19)17-29(23,27-7-3)28-8-4/h9-16H,5-8,17H2,1-4H3,(H2,24,25,26). The van der Waals surface area contributed by atoms with Gasteiger partial charge >= 0.3 is 15.2 Å². The Morgan fingerprint density at radius 1 is 0.767 bits per heavy atom. The molecule has 0 atom stereocenters. The second-order valence-corrected chi connectivity index (χ2v) is 11.2. The Bertz CT molecular complexity index is 888. The molecule has 6 nitrogen and oxygen atoms in total. The summed E-state index contributed by atoms with van der Waals surface area (Å²) in [6.07, 6.45) is 0.939. The molecular formula is C22H32O6P2. The van der Waals surface area contributed by atoms with E-state index in [1.54, 1.807) is 39.8 Å². The van der Waals surface area contributed by atoms with E-state index in [0.29, 0.717) is 31.6 Å². The van der Waals surface area contributed by atoms with E-state index in [1.807, 2.05) is 36.4 Å². The third kappa shape index (κ3) is 5.50. The van der Waals surface area contributed by atoms with Crippen LogP contribution in [-0.2, 0) is 29.5 Å². The van der Waals surface area contributed by atoms with Gasteiger partial charge in [0.15, 0.2) is 0 Å². The van der Waals surface area contributed by atoms with Crippen molar-refractivity contribution in [3.8, 4) is 11.1 Å².